The Labute approximate surface area is 175 Å². The van der Waals surface area contributed by atoms with Crippen LogP contribution in [0.2, 0.25) is 0 Å². The quantitative estimate of drug-likeness (QED) is 0.0950. The molecule has 1 rings (SSSR count). The molecular weight excluding hydrogens is 394 g/mol. The van der Waals surface area contributed by atoms with Crippen molar-refractivity contribution in [1.82, 2.24) is 10.2 Å². The molecule has 13 nitrogen and oxygen atoms in total. The molecule has 13 heteroatoms. The first kappa shape index (κ1) is 24.9. The Morgan fingerprint density at radius 2 is 1.60 bits per heavy atom. The number of carbonyl (C=O) groups is 3. The Hall–Kier alpha value is -3.09. The highest BCUT2D eigenvalue weighted by Crippen LogP contribution is 2.19. The van der Waals surface area contributed by atoms with Gasteiger partial charge in [0, 0.05) is 19.6 Å². The van der Waals surface area contributed by atoms with Gasteiger partial charge in [0.25, 0.3) is 0 Å². The normalized spacial score (nSPS) is 17.6. The van der Waals surface area contributed by atoms with Gasteiger partial charge in [-0.25, -0.2) is 4.79 Å². The van der Waals surface area contributed by atoms with Gasteiger partial charge in [-0.2, -0.15) is 0 Å². The molecule has 1 aliphatic rings. The van der Waals surface area contributed by atoms with E-state index in [1.807, 2.05) is 0 Å². The van der Waals surface area contributed by atoms with Crippen LogP contribution in [0.3, 0.4) is 0 Å². The summed E-state index contributed by atoms with van der Waals surface area (Å²) in [5.74, 6) is -2.15. The van der Waals surface area contributed by atoms with Crippen LogP contribution in [0, 0.1) is 0 Å². The van der Waals surface area contributed by atoms with Crippen molar-refractivity contribution in [2.45, 2.75) is 56.7 Å². The summed E-state index contributed by atoms with van der Waals surface area (Å²) in [7, 11) is 0. The first-order chi connectivity index (χ1) is 14.1. The molecule has 0 aromatic rings. The van der Waals surface area contributed by atoms with Crippen LogP contribution in [0.5, 0.6) is 0 Å². The predicted molar refractivity (Wildman–Crippen MR) is 112 cm³/mol. The summed E-state index contributed by atoms with van der Waals surface area (Å²) in [6.07, 6.45) is 2.42. The summed E-state index contributed by atoms with van der Waals surface area (Å²) < 4.78 is 0. The van der Waals surface area contributed by atoms with Gasteiger partial charge in [0.15, 0.2) is 11.9 Å². The smallest absolute Gasteiger partial charge is 0.326 e. The fraction of sp³-hybridized carbons (Fsp3) is 0.706. The van der Waals surface area contributed by atoms with E-state index >= 15 is 0 Å². The Balaban J connectivity index is 2.75. The largest absolute Gasteiger partial charge is 0.480 e. The third-order valence-electron chi connectivity index (χ3n) is 4.69. The molecule has 0 radical (unpaired) electrons. The summed E-state index contributed by atoms with van der Waals surface area (Å²) >= 11 is 0. The number of guanidine groups is 2. The highest BCUT2D eigenvalue weighted by molar-refractivity contribution is 5.92. The zero-order valence-corrected chi connectivity index (χ0v) is 17.0. The second-order valence-corrected chi connectivity index (χ2v) is 7.09. The molecule has 1 aliphatic heterocycles. The average molecular weight is 428 g/mol. The number of carboxylic acid groups (broad SMARTS) is 1. The zero-order chi connectivity index (χ0) is 22.7. The van der Waals surface area contributed by atoms with Crippen LogP contribution >= 0.6 is 0 Å². The maximum Gasteiger partial charge on any atom is 0.326 e. The van der Waals surface area contributed by atoms with Gasteiger partial charge in [-0.15, -0.1) is 0 Å². The van der Waals surface area contributed by atoms with Crippen LogP contribution in [0.25, 0.3) is 0 Å². The van der Waals surface area contributed by atoms with Gasteiger partial charge in [0.1, 0.15) is 12.1 Å². The summed E-state index contributed by atoms with van der Waals surface area (Å²) in [6.45, 7) is 0.924. The Morgan fingerprint density at radius 1 is 1.03 bits per heavy atom. The molecule has 170 valence electrons. The first-order valence-corrected chi connectivity index (χ1v) is 9.83. The molecule has 0 saturated carbocycles. The highest BCUT2D eigenvalue weighted by atomic mass is 16.4. The molecule has 1 fully saturated rings. The molecule has 1 heterocycles. The van der Waals surface area contributed by atoms with E-state index in [0.29, 0.717) is 45.2 Å². The number of nitrogens with zero attached hydrogens (tertiary/aromatic N) is 3. The topological polar surface area (TPSA) is 242 Å². The van der Waals surface area contributed by atoms with Crippen LogP contribution in [-0.4, -0.2) is 77.5 Å². The summed E-state index contributed by atoms with van der Waals surface area (Å²) in [5.41, 5.74) is 27.0. The van der Waals surface area contributed by atoms with Crippen molar-refractivity contribution >= 4 is 29.7 Å². The van der Waals surface area contributed by atoms with Gasteiger partial charge in [0.2, 0.25) is 11.8 Å². The number of hydrogen-bond acceptors (Lipinski definition) is 6. The number of hydrogen-bond donors (Lipinski definition) is 7. The van der Waals surface area contributed by atoms with Gasteiger partial charge in [-0.05, 0) is 38.5 Å². The van der Waals surface area contributed by atoms with Crippen molar-refractivity contribution in [1.29, 1.82) is 0 Å². The van der Waals surface area contributed by atoms with E-state index in [4.69, 9.17) is 28.7 Å². The third kappa shape index (κ3) is 8.51. The maximum absolute atomic E-state index is 13.0. The summed E-state index contributed by atoms with van der Waals surface area (Å²) in [5, 5.41) is 12.0. The van der Waals surface area contributed by atoms with Crippen LogP contribution in [-0.2, 0) is 14.4 Å². The van der Waals surface area contributed by atoms with E-state index in [-0.39, 0.29) is 24.9 Å². The van der Waals surface area contributed by atoms with E-state index < -0.39 is 35.9 Å². The van der Waals surface area contributed by atoms with Gasteiger partial charge >= 0.3 is 5.97 Å². The van der Waals surface area contributed by atoms with E-state index in [1.54, 1.807) is 0 Å². The fourth-order valence-electron chi connectivity index (χ4n) is 3.18. The van der Waals surface area contributed by atoms with Gasteiger partial charge < -0.3 is 44.0 Å². The molecular formula is C17H33N9O4. The number of aliphatic carboxylic acids is 1. The molecule has 0 spiro atoms. The maximum atomic E-state index is 13.0. The van der Waals surface area contributed by atoms with Crippen molar-refractivity contribution in [3.05, 3.63) is 0 Å². The highest BCUT2D eigenvalue weighted by Gasteiger charge is 2.37. The third-order valence-corrected chi connectivity index (χ3v) is 4.69. The van der Waals surface area contributed by atoms with Gasteiger partial charge in [0.05, 0.1) is 6.04 Å². The lowest BCUT2D eigenvalue weighted by molar-refractivity contribution is -0.149. The molecule has 30 heavy (non-hydrogen) atoms. The molecule has 12 N–H and O–H groups in total. The number of amides is 2. The summed E-state index contributed by atoms with van der Waals surface area (Å²) in [6, 6.07) is -2.68. The van der Waals surface area contributed by atoms with Crippen molar-refractivity contribution in [2.24, 2.45) is 38.7 Å². The molecule has 0 bridgehead atoms. The SMILES string of the molecule is NC(N)=NCCC[C@H](NC(=O)[C@@H](N)CCCN=C(N)N)C(=O)N1CCC[C@@H]1C(=O)O. The number of carbonyl (C=O) groups excluding carboxylic acids is 2. The number of nitrogens with one attached hydrogen (secondary N) is 1. The van der Waals surface area contributed by atoms with E-state index in [0.717, 1.165) is 0 Å². The lowest BCUT2D eigenvalue weighted by Gasteiger charge is -2.28. The minimum Gasteiger partial charge on any atom is -0.480 e. The van der Waals surface area contributed by atoms with Crippen molar-refractivity contribution in [2.75, 3.05) is 19.6 Å². The monoisotopic (exact) mass is 427 g/mol. The number of nitrogens with two attached hydrogens (primary N) is 5. The minimum absolute atomic E-state index is 0.0435. The zero-order valence-electron chi connectivity index (χ0n) is 17.0. The van der Waals surface area contributed by atoms with Crippen LogP contribution < -0.4 is 34.0 Å². The van der Waals surface area contributed by atoms with E-state index in [2.05, 4.69) is 15.3 Å². The molecule has 3 atom stereocenters. The Kier molecular flexibility index (Phi) is 10.4. The second-order valence-electron chi connectivity index (χ2n) is 7.09. The lowest BCUT2D eigenvalue weighted by Crippen LogP contribution is -2.54. The second kappa shape index (κ2) is 12.5. The van der Waals surface area contributed by atoms with E-state index in [1.165, 1.54) is 4.90 Å². The predicted octanol–water partition coefficient (Wildman–Crippen LogP) is -3.02. The number of likely N-dealkylation sites (tertiary alicyclic amines) is 1. The van der Waals surface area contributed by atoms with Crippen LogP contribution in [0.1, 0.15) is 38.5 Å². The van der Waals surface area contributed by atoms with Crippen molar-refractivity contribution < 1.29 is 19.5 Å². The van der Waals surface area contributed by atoms with Crippen molar-refractivity contribution in [3.8, 4) is 0 Å². The van der Waals surface area contributed by atoms with Crippen LogP contribution in [0.15, 0.2) is 9.98 Å². The van der Waals surface area contributed by atoms with E-state index in [9.17, 15) is 19.5 Å². The lowest BCUT2D eigenvalue weighted by atomic mass is 10.1. The molecule has 0 aromatic heterocycles. The Morgan fingerprint density at radius 3 is 2.13 bits per heavy atom. The van der Waals surface area contributed by atoms with Crippen LogP contribution in [0.4, 0.5) is 0 Å². The number of carboxylic acids is 1. The molecule has 0 unspecified atom stereocenters. The summed E-state index contributed by atoms with van der Waals surface area (Å²) in [4.78, 5) is 45.8. The van der Waals surface area contributed by atoms with Crippen molar-refractivity contribution in [3.63, 3.8) is 0 Å². The molecule has 0 aliphatic carbocycles. The standard InChI is InChI=1S/C17H33N9O4/c18-10(4-1-7-23-16(19)20)13(27)25-11(5-2-8-24-17(21)22)14(28)26-9-3-6-12(26)15(29)30/h10-12H,1-9,18H2,(H,25,27)(H,29,30)(H4,19,20,23)(H4,21,22,24)/t10-,11-,12+/m0/s1. The molecule has 1 saturated heterocycles. The van der Waals surface area contributed by atoms with Gasteiger partial charge in [-0.3, -0.25) is 19.6 Å². The first-order valence-electron chi connectivity index (χ1n) is 9.83. The fourth-order valence-corrected chi connectivity index (χ4v) is 3.18. The number of aliphatic imine (C=N–C) groups is 2. The number of rotatable bonds is 12. The minimum atomic E-state index is -1.07. The molecule has 2 amide bonds. The van der Waals surface area contributed by atoms with Gasteiger partial charge in [-0.1, -0.05) is 0 Å². The Bertz CT molecular complexity index is 660. The average Bonchev–Trinajstić information content (AvgIpc) is 3.16. The molecule has 0 aromatic carbocycles.